The molecule has 5 rings (SSSR count). The lowest BCUT2D eigenvalue weighted by molar-refractivity contribution is -0.127. The number of carbonyl (C=O) groups excluding carboxylic acids is 1. The van der Waals surface area contributed by atoms with E-state index in [2.05, 4.69) is 5.32 Å². The average Bonchev–Trinajstić information content (AvgIpc) is 3.03. The van der Waals surface area contributed by atoms with Gasteiger partial charge in [0.15, 0.2) is 6.10 Å². The van der Waals surface area contributed by atoms with Crippen LogP contribution >= 0.6 is 0 Å². The van der Waals surface area contributed by atoms with Crippen molar-refractivity contribution in [1.29, 1.82) is 0 Å². The largest absolute Gasteiger partial charge is 0.497 e. The average molecular weight is 630 g/mol. The Morgan fingerprint density at radius 2 is 1.51 bits per heavy atom. The molecule has 13 heteroatoms. The second-order valence-electron chi connectivity index (χ2n) is 10.4. The van der Waals surface area contributed by atoms with Crippen LogP contribution in [0, 0.1) is 6.92 Å². The van der Waals surface area contributed by atoms with Crippen LogP contribution in [-0.4, -0.2) is 73.0 Å². The monoisotopic (exact) mass is 629 g/mol. The molecule has 0 aliphatic carbocycles. The SMILES string of the molecule is COc1ccc(S(=O)(=O)N2C[C@@H](C(=O)NCCOc3ccc(S(=O)(=O)N4CCCCC4)cc3)Oc3cc(C)ccc32)cc1. The third kappa shape index (κ3) is 6.73. The lowest BCUT2D eigenvalue weighted by Crippen LogP contribution is -2.51. The molecule has 0 radical (unpaired) electrons. The Bertz CT molecular complexity index is 1650. The van der Waals surface area contributed by atoms with E-state index in [1.165, 1.54) is 40.0 Å². The highest BCUT2D eigenvalue weighted by Gasteiger charge is 2.37. The molecule has 1 saturated heterocycles. The van der Waals surface area contributed by atoms with Crippen LogP contribution in [-0.2, 0) is 24.8 Å². The van der Waals surface area contributed by atoms with Crippen molar-refractivity contribution < 1.29 is 35.8 Å². The number of nitrogens with one attached hydrogen (secondary N) is 1. The maximum Gasteiger partial charge on any atom is 0.264 e. The Morgan fingerprint density at radius 1 is 0.884 bits per heavy atom. The molecule has 11 nitrogen and oxygen atoms in total. The van der Waals surface area contributed by atoms with Gasteiger partial charge in [-0.15, -0.1) is 0 Å². The fourth-order valence-corrected chi connectivity index (χ4v) is 8.01. The molecule has 0 spiro atoms. The van der Waals surface area contributed by atoms with Crippen LogP contribution in [0.4, 0.5) is 5.69 Å². The maximum absolute atomic E-state index is 13.6. The molecular formula is C30H35N3O8S2. The predicted molar refractivity (Wildman–Crippen MR) is 161 cm³/mol. The number of benzene rings is 3. The minimum Gasteiger partial charge on any atom is -0.497 e. The summed E-state index contributed by atoms with van der Waals surface area (Å²) in [6.07, 6.45) is 1.67. The molecule has 3 aromatic rings. The van der Waals surface area contributed by atoms with Gasteiger partial charge in [-0.3, -0.25) is 9.10 Å². The van der Waals surface area contributed by atoms with Crippen LogP contribution in [0.25, 0.3) is 0 Å². The zero-order chi connectivity index (χ0) is 30.6. The molecule has 2 aliphatic heterocycles. The van der Waals surface area contributed by atoms with Crippen LogP contribution in [0.15, 0.2) is 76.5 Å². The second kappa shape index (κ2) is 12.8. The summed E-state index contributed by atoms with van der Waals surface area (Å²) in [7, 11) is -6.05. The molecule has 43 heavy (non-hydrogen) atoms. The molecule has 1 fully saturated rings. The molecule has 230 valence electrons. The summed E-state index contributed by atoms with van der Waals surface area (Å²) in [6.45, 7) is 2.92. The van der Waals surface area contributed by atoms with Gasteiger partial charge in [0.25, 0.3) is 15.9 Å². The number of fused-ring (bicyclic) bond motifs is 1. The molecule has 1 atom stereocenters. The van der Waals surface area contributed by atoms with E-state index >= 15 is 0 Å². The zero-order valence-corrected chi connectivity index (χ0v) is 25.7. The van der Waals surface area contributed by atoms with Gasteiger partial charge in [-0.2, -0.15) is 4.31 Å². The van der Waals surface area contributed by atoms with Crippen LogP contribution in [0.5, 0.6) is 17.2 Å². The number of aryl methyl sites for hydroxylation is 1. The van der Waals surface area contributed by atoms with Crippen LogP contribution in [0.1, 0.15) is 24.8 Å². The third-order valence-electron chi connectivity index (χ3n) is 7.37. The van der Waals surface area contributed by atoms with Crippen molar-refractivity contribution >= 4 is 31.6 Å². The van der Waals surface area contributed by atoms with Gasteiger partial charge in [0.1, 0.15) is 23.9 Å². The summed E-state index contributed by atoms with van der Waals surface area (Å²) in [5.74, 6) is 0.782. The summed E-state index contributed by atoms with van der Waals surface area (Å²) in [4.78, 5) is 13.4. The number of amides is 1. The Kier molecular flexibility index (Phi) is 9.13. The van der Waals surface area contributed by atoms with Crippen LogP contribution in [0.3, 0.4) is 0 Å². The first-order valence-electron chi connectivity index (χ1n) is 14.0. The molecule has 2 aliphatic rings. The standard InChI is InChI=1S/C30H35N3O8S2/c1-22-6-15-27-28(20-22)41-29(21-33(27)43(37,38)26-11-7-23(39-2)8-12-26)30(34)31-16-19-40-24-9-13-25(14-10-24)42(35,36)32-17-4-3-5-18-32/h6-15,20,29H,3-5,16-19,21H2,1-2H3,(H,31,34)/t29-/m0/s1. The number of sulfonamides is 2. The fourth-order valence-electron chi connectivity index (χ4n) is 5.02. The van der Waals surface area contributed by atoms with Crippen LogP contribution < -0.4 is 23.8 Å². The Hall–Kier alpha value is -3.81. The number of anilines is 1. The highest BCUT2D eigenvalue weighted by atomic mass is 32.2. The second-order valence-corrected chi connectivity index (χ2v) is 14.2. The maximum atomic E-state index is 13.6. The molecule has 2 heterocycles. The number of rotatable bonds is 10. The lowest BCUT2D eigenvalue weighted by Gasteiger charge is -2.35. The summed E-state index contributed by atoms with van der Waals surface area (Å²) in [5, 5.41) is 2.74. The first kappa shape index (κ1) is 30.6. The van der Waals surface area contributed by atoms with Crippen molar-refractivity contribution in [3.8, 4) is 17.2 Å². The van der Waals surface area contributed by atoms with Crippen molar-refractivity contribution in [2.45, 2.75) is 42.1 Å². The van der Waals surface area contributed by atoms with Crippen molar-refractivity contribution in [2.24, 2.45) is 0 Å². The molecule has 0 bridgehead atoms. The minimum absolute atomic E-state index is 0.0593. The number of hydrogen-bond donors (Lipinski definition) is 1. The summed E-state index contributed by atoms with van der Waals surface area (Å²) in [5.41, 5.74) is 1.20. The molecule has 0 saturated carbocycles. The summed E-state index contributed by atoms with van der Waals surface area (Å²) >= 11 is 0. The Labute approximate surface area is 252 Å². The normalized spacial score (nSPS) is 17.4. The zero-order valence-electron chi connectivity index (χ0n) is 24.1. The quantitative estimate of drug-likeness (QED) is 0.338. The molecular weight excluding hydrogens is 594 g/mol. The van der Waals surface area contributed by atoms with Crippen molar-refractivity contribution in [2.75, 3.05) is 44.2 Å². The number of hydrogen-bond acceptors (Lipinski definition) is 8. The van der Waals surface area contributed by atoms with E-state index in [1.54, 1.807) is 42.5 Å². The van der Waals surface area contributed by atoms with Crippen molar-refractivity contribution in [1.82, 2.24) is 9.62 Å². The molecule has 3 aromatic carbocycles. The Morgan fingerprint density at radius 3 is 2.16 bits per heavy atom. The van der Waals surface area contributed by atoms with Gasteiger partial charge in [0.2, 0.25) is 10.0 Å². The summed E-state index contributed by atoms with van der Waals surface area (Å²) < 4.78 is 72.5. The number of ether oxygens (including phenoxy) is 3. The van der Waals surface area contributed by atoms with Crippen molar-refractivity contribution in [3.63, 3.8) is 0 Å². The van der Waals surface area contributed by atoms with Crippen molar-refractivity contribution in [3.05, 3.63) is 72.3 Å². The van der Waals surface area contributed by atoms with Gasteiger partial charge < -0.3 is 19.5 Å². The van der Waals surface area contributed by atoms with E-state index in [0.717, 1.165) is 24.8 Å². The highest BCUT2D eigenvalue weighted by molar-refractivity contribution is 7.92. The lowest BCUT2D eigenvalue weighted by atomic mass is 10.1. The van der Waals surface area contributed by atoms with Gasteiger partial charge in [-0.25, -0.2) is 16.8 Å². The predicted octanol–water partition coefficient (Wildman–Crippen LogP) is 3.33. The van der Waals surface area contributed by atoms with E-state index in [1.807, 2.05) is 6.92 Å². The topological polar surface area (TPSA) is 132 Å². The molecule has 0 aromatic heterocycles. The smallest absolute Gasteiger partial charge is 0.264 e. The van der Waals surface area contributed by atoms with E-state index in [4.69, 9.17) is 14.2 Å². The highest BCUT2D eigenvalue weighted by Crippen LogP contribution is 2.38. The Balaban J connectivity index is 1.21. The molecule has 1 N–H and O–H groups in total. The number of nitrogens with zero attached hydrogens (tertiary/aromatic N) is 2. The van der Waals surface area contributed by atoms with Gasteiger partial charge >= 0.3 is 0 Å². The third-order valence-corrected chi connectivity index (χ3v) is 11.1. The van der Waals surface area contributed by atoms with E-state index < -0.39 is 32.1 Å². The molecule has 1 amide bonds. The molecule has 0 unspecified atom stereocenters. The first-order chi connectivity index (χ1) is 20.6. The van der Waals surface area contributed by atoms with Gasteiger partial charge in [0.05, 0.1) is 35.7 Å². The number of methoxy groups -OCH3 is 1. The van der Waals surface area contributed by atoms with Crippen LogP contribution in [0.2, 0.25) is 0 Å². The van der Waals surface area contributed by atoms with E-state index in [0.29, 0.717) is 36.0 Å². The first-order valence-corrected chi connectivity index (χ1v) is 16.9. The number of carbonyl (C=O) groups is 1. The van der Waals surface area contributed by atoms with E-state index in [9.17, 15) is 21.6 Å². The van der Waals surface area contributed by atoms with E-state index in [-0.39, 0.29) is 29.5 Å². The van der Waals surface area contributed by atoms with Gasteiger partial charge in [0, 0.05) is 13.1 Å². The van der Waals surface area contributed by atoms with Gasteiger partial charge in [-0.1, -0.05) is 12.5 Å². The fraction of sp³-hybridized carbons (Fsp3) is 0.367. The van der Waals surface area contributed by atoms with Gasteiger partial charge in [-0.05, 0) is 86.0 Å². The number of piperidine rings is 1. The summed E-state index contributed by atoms with van der Waals surface area (Å²) in [6, 6.07) is 17.4. The minimum atomic E-state index is -4.02.